The summed E-state index contributed by atoms with van der Waals surface area (Å²) < 4.78 is 10.8. The molecule has 0 radical (unpaired) electrons. The third-order valence-electron chi connectivity index (χ3n) is 5.23. The van der Waals surface area contributed by atoms with Crippen molar-refractivity contribution in [3.05, 3.63) is 82.5 Å². The Balaban J connectivity index is 0.000000198. The van der Waals surface area contributed by atoms with Gasteiger partial charge in [-0.05, 0) is 43.0 Å². The van der Waals surface area contributed by atoms with Gasteiger partial charge < -0.3 is 19.2 Å². The summed E-state index contributed by atoms with van der Waals surface area (Å²) in [5.41, 5.74) is 0. The molecule has 2 unspecified atom stereocenters. The molecule has 1 amide bonds. The van der Waals surface area contributed by atoms with Crippen molar-refractivity contribution < 1.29 is 23.8 Å². The Morgan fingerprint density at radius 3 is 2.03 bits per heavy atom. The van der Waals surface area contributed by atoms with E-state index >= 15 is 0 Å². The first-order valence-corrected chi connectivity index (χ1v) is 12.0. The first kappa shape index (κ1) is 26.7. The molecule has 0 spiro atoms. The summed E-state index contributed by atoms with van der Waals surface area (Å²) >= 11 is 11.1. The number of ether oxygens (including phenoxy) is 1. The van der Waals surface area contributed by atoms with Crippen molar-refractivity contribution in [2.75, 3.05) is 13.2 Å². The van der Waals surface area contributed by atoms with Gasteiger partial charge in [0.2, 0.25) is 11.8 Å². The lowest BCUT2D eigenvalue weighted by Gasteiger charge is -2.36. The van der Waals surface area contributed by atoms with E-state index < -0.39 is 12.1 Å². The number of benzene rings is 2. The van der Waals surface area contributed by atoms with E-state index in [-0.39, 0.29) is 18.4 Å². The molecule has 8 nitrogen and oxygen atoms in total. The average Bonchev–Trinajstić information content (AvgIpc) is 3.58. The molecule has 2 aliphatic rings. The number of morpholine rings is 1. The van der Waals surface area contributed by atoms with Crippen LogP contribution in [0.1, 0.15) is 37.1 Å². The van der Waals surface area contributed by atoms with Crippen LogP contribution >= 0.6 is 23.2 Å². The number of aliphatic carboxylic acids is 1. The predicted octanol–water partition coefficient (Wildman–Crippen LogP) is 5.21. The van der Waals surface area contributed by atoms with E-state index in [0.29, 0.717) is 30.9 Å². The fourth-order valence-corrected chi connectivity index (χ4v) is 3.79. The molecule has 1 N–H and O–H groups in total. The Kier molecular flexibility index (Phi) is 10.1. The molecule has 2 heterocycles. The number of nitrogens with zero attached hydrogens (tertiary/aromatic N) is 3. The summed E-state index contributed by atoms with van der Waals surface area (Å²) in [6.45, 7) is 2.44. The highest BCUT2D eigenvalue weighted by atomic mass is 35.5. The minimum atomic E-state index is -1.05. The number of halogens is 2. The number of carboxylic acid groups (broad SMARTS) is 1. The molecule has 1 aliphatic heterocycles. The molecule has 1 aromatic heterocycles. The summed E-state index contributed by atoms with van der Waals surface area (Å²) in [5.74, 6) is -0.168. The maximum Gasteiger partial charge on any atom is 0.306 e. The number of carboxylic acids is 1. The van der Waals surface area contributed by atoms with Gasteiger partial charge in [0.05, 0.1) is 13.0 Å². The Labute approximate surface area is 213 Å². The lowest BCUT2D eigenvalue weighted by molar-refractivity contribution is -0.163. The quantitative estimate of drug-likeness (QED) is 0.492. The molecule has 2 aromatic carbocycles. The molecule has 5 rings (SSSR count). The van der Waals surface area contributed by atoms with Crippen molar-refractivity contribution in [3.63, 3.8) is 0 Å². The summed E-state index contributed by atoms with van der Waals surface area (Å²) in [4.78, 5) is 24.9. The number of aromatic nitrogens is 2. The molecule has 35 heavy (non-hydrogen) atoms. The molecule has 1 saturated carbocycles. The number of hydrogen-bond acceptors (Lipinski definition) is 6. The van der Waals surface area contributed by atoms with Crippen molar-refractivity contribution in [2.45, 2.75) is 38.3 Å². The van der Waals surface area contributed by atoms with Crippen LogP contribution < -0.4 is 0 Å². The van der Waals surface area contributed by atoms with Gasteiger partial charge in [-0.25, -0.2) is 0 Å². The SMILES string of the molecule is Cc1nnc(C(C2CC2)N2CCOC(CC(=O)O)C2=O)o1.Clc1ccccc1.Clc1ccccc1. The second kappa shape index (κ2) is 13.2. The lowest BCUT2D eigenvalue weighted by Crippen LogP contribution is -2.50. The first-order chi connectivity index (χ1) is 16.8. The Hall–Kier alpha value is -2.94. The van der Waals surface area contributed by atoms with E-state index in [1.807, 2.05) is 60.7 Å². The van der Waals surface area contributed by atoms with Gasteiger partial charge in [-0.1, -0.05) is 59.6 Å². The van der Waals surface area contributed by atoms with Crippen LogP contribution in [0.3, 0.4) is 0 Å². The van der Waals surface area contributed by atoms with E-state index in [1.54, 1.807) is 11.8 Å². The smallest absolute Gasteiger partial charge is 0.306 e. The maximum atomic E-state index is 12.5. The van der Waals surface area contributed by atoms with Gasteiger partial charge in [0.15, 0.2) is 0 Å². The van der Waals surface area contributed by atoms with Gasteiger partial charge in [0.25, 0.3) is 5.91 Å². The monoisotopic (exact) mass is 519 g/mol. The van der Waals surface area contributed by atoms with E-state index in [2.05, 4.69) is 10.2 Å². The second-order valence-electron chi connectivity index (χ2n) is 8.02. The highest BCUT2D eigenvalue weighted by molar-refractivity contribution is 6.30. The lowest BCUT2D eigenvalue weighted by atomic mass is 10.1. The number of carbonyl (C=O) groups is 2. The molecule has 2 fully saturated rings. The minimum Gasteiger partial charge on any atom is -0.481 e. The van der Waals surface area contributed by atoms with Crippen molar-refractivity contribution >= 4 is 35.1 Å². The largest absolute Gasteiger partial charge is 0.481 e. The van der Waals surface area contributed by atoms with Gasteiger partial charge in [0.1, 0.15) is 12.1 Å². The molecule has 10 heteroatoms. The summed E-state index contributed by atoms with van der Waals surface area (Å²) in [5, 5.41) is 18.3. The number of hydrogen-bond donors (Lipinski definition) is 1. The molecular formula is C25H27Cl2N3O5. The zero-order chi connectivity index (χ0) is 25.2. The summed E-state index contributed by atoms with van der Waals surface area (Å²) in [6.07, 6.45) is 0.748. The van der Waals surface area contributed by atoms with Gasteiger partial charge in [0, 0.05) is 23.5 Å². The zero-order valence-corrected chi connectivity index (χ0v) is 20.7. The third-order valence-corrected chi connectivity index (χ3v) is 5.74. The molecule has 1 aliphatic carbocycles. The highest BCUT2D eigenvalue weighted by Gasteiger charge is 2.45. The topological polar surface area (TPSA) is 106 Å². The molecule has 186 valence electrons. The van der Waals surface area contributed by atoms with Crippen molar-refractivity contribution in [2.24, 2.45) is 5.92 Å². The zero-order valence-electron chi connectivity index (χ0n) is 19.2. The van der Waals surface area contributed by atoms with Crippen molar-refractivity contribution in [1.82, 2.24) is 15.1 Å². The Morgan fingerprint density at radius 1 is 1.06 bits per heavy atom. The molecule has 0 bridgehead atoms. The third kappa shape index (κ3) is 8.65. The average molecular weight is 520 g/mol. The fourth-order valence-electron chi connectivity index (χ4n) is 3.50. The van der Waals surface area contributed by atoms with Gasteiger partial charge in [-0.3, -0.25) is 9.59 Å². The maximum absolute atomic E-state index is 12.5. The first-order valence-electron chi connectivity index (χ1n) is 11.2. The van der Waals surface area contributed by atoms with E-state index in [9.17, 15) is 9.59 Å². The van der Waals surface area contributed by atoms with Crippen LogP contribution in [-0.4, -0.2) is 51.3 Å². The molecule has 1 saturated heterocycles. The Bertz CT molecular complexity index is 1040. The van der Waals surface area contributed by atoms with Crippen LogP contribution in [0.4, 0.5) is 0 Å². The number of carbonyl (C=O) groups excluding carboxylic acids is 1. The highest BCUT2D eigenvalue weighted by Crippen LogP contribution is 2.44. The number of amides is 1. The number of rotatable bonds is 5. The van der Waals surface area contributed by atoms with Gasteiger partial charge in [-0.2, -0.15) is 0 Å². The Morgan fingerprint density at radius 2 is 1.63 bits per heavy atom. The minimum absolute atomic E-state index is 0.265. The standard InChI is InChI=1S/C13H17N3O5.2C6H5Cl/c1-7-14-15-12(21-7)11(8-2-3-8)16-4-5-20-9(13(16)19)6-10(17)18;2*7-6-4-2-1-3-5-6/h8-9,11H,2-6H2,1H3,(H,17,18);2*1-5H. The van der Waals surface area contributed by atoms with Crippen LogP contribution in [-0.2, 0) is 14.3 Å². The van der Waals surface area contributed by atoms with Crippen LogP contribution in [0.2, 0.25) is 10.0 Å². The van der Waals surface area contributed by atoms with Crippen LogP contribution in [0.15, 0.2) is 65.1 Å². The second-order valence-corrected chi connectivity index (χ2v) is 8.89. The molecule has 2 atom stereocenters. The van der Waals surface area contributed by atoms with Crippen LogP contribution in [0.5, 0.6) is 0 Å². The van der Waals surface area contributed by atoms with Gasteiger partial charge in [-0.15, -0.1) is 10.2 Å². The van der Waals surface area contributed by atoms with E-state index in [0.717, 1.165) is 22.9 Å². The fraction of sp³-hybridized carbons (Fsp3) is 0.360. The van der Waals surface area contributed by atoms with Crippen LogP contribution in [0, 0.1) is 12.8 Å². The normalized spacial score (nSPS) is 18.0. The van der Waals surface area contributed by atoms with Gasteiger partial charge >= 0.3 is 5.97 Å². The van der Waals surface area contributed by atoms with Crippen LogP contribution in [0.25, 0.3) is 0 Å². The van der Waals surface area contributed by atoms with Crippen molar-refractivity contribution in [3.8, 4) is 0 Å². The molecule has 3 aromatic rings. The van der Waals surface area contributed by atoms with E-state index in [4.69, 9.17) is 37.5 Å². The predicted molar refractivity (Wildman–Crippen MR) is 131 cm³/mol. The molecular weight excluding hydrogens is 493 g/mol. The summed E-state index contributed by atoms with van der Waals surface area (Å²) in [6, 6.07) is 18.6. The summed E-state index contributed by atoms with van der Waals surface area (Å²) in [7, 11) is 0. The van der Waals surface area contributed by atoms with Crippen molar-refractivity contribution in [1.29, 1.82) is 0 Å². The number of aryl methyl sites for hydroxylation is 1. The van der Waals surface area contributed by atoms with E-state index in [1.165, 1.54) is 0 Å².